The van der Waals surface area contributed by atoms with Gasteiger partial charge in [-0.25, -0.2) is 0 Å². The highest BCUT2D eigenvalue weighted by atomic mass is 16.4. The van der Waals surface area contributed by atoms with E-state index in [4.69, 9.17) is 8.83 Å². The van der Waals surface area contributed by atoms with E-state index in [0.717, 1.165) is 44.6 Å². The fourth-order valence-electron chi connectivity index (χ4n) is 6.69. The first-order valence-electron chi connectivity index (χ1n) is 14.3. The van der Waals surface area contributed by atoms with E-state index in [2.05, 4.69) is 115 Å². The molecule has 0 N–H and O–H groups in total. The summed E-state index contributed by atoms with van der Waals surface area (Å²) in [6, 6.07) is 51.3. The normalized spacial score (nSPS) is 11.8. The molecule has 0 saturated heterocycles. The Morgan fingerprint density at radius 1 is 0.333 bits per heavy atom. The Balaban J connectivity index is 1.46. The summed E-state index contributed by atoms with van der Waals surface area (Å²) < 4.78 is 13.1. The Labute approximate surface area is 242 Å². The third kappa shape index (κ3) is 3.33. The molecule has 0 bridgehead atoms. The zero-order valence-electron chi connectivity index (χ0n) is 22.7. The number of furan rings is 2. The molecule has 196 valence electrons. The number of fused-ring (bicyclic) bond motifs is 5. The number of hydrogen-bond acceptors (Lipinski definition) is 2. The van der Waals surface area contributed by atoms with Crippen molar-refractivity contribution in [1.82, 2.24) is 0 Å². The standard InChI is InChI=1S/C40H24O2/c1-3-15-27-25(12-1)14-11-21-28(27)37-29-16-4-6-18-31(29)38(32-19-7-5-17-30(32)37)39-33-20-8-10-23-35(33)42-40(39)36-24-26-13-2-9-22-34(26)41-36/h1-24H. The van der Waals surface area contributed by atoms with Crippen molar-refractivity contribution >= 4 is 54.3 Å². The molecular formula is C40H24O2. The number of benzene rings is 7. The molecule has 0 fully saturated rings. The van der Waals surface area contributed by atoms with Gasteiger partial charge in [-0.15, -0.1) is 0 Å². The lowest BCUT2D eigenvalue weighted by molar-refractivity contribution is 0.570. The molecule has 0 unspecified atom stereocenters. The van der Waals surface area contributed by atoms with E-state index in [9.17, 15) is 0 Å². The van der Waals surface area contributed by atoms with Crippen LogP contribution in [0.5, 0.6) is 0 Å². The van der Waals surface area contributed by atoms with Gasteiger partial charge < -0.3 is 8.83 Å². The monoisotopic (exact) mass is 536 g/mol. The van der Waals surface area contributed by atoms with Gasteiger partial charge in [0.25, 0.3) is 0 Å². The van der Waals surface area contributed by atoms with Crippen LogP contribution in [0.2, 0.25) is 0 Å². The minimum Gasteiger partial charge on any atom is -0.453 e. The topological polar surface area (TPSA) is 26.3 Å². The van der Waals surface area contributed by atoms with Crippen LogP contribution in [0.4, 0.5) is 0 Å². The minimum absolute atomic E-state index is 0.730. The predicted molar refractivity (Wildman–Crippen MR) is 175 cm³/mol. The average Bonchev–Trinajstić information content (AvgIpc) is 3.65. The van der Waals surface area contributed by atoms with Gasteiger partial charge in [-0.1, -0.05) is 127 Å². The summed E-state index contributed by atoms with van der Waals surface area (Å²) >= 11 is 0. The Hall–Kier alpha value is -5.60. The highest BCUT2D eigenvalue weighted by Crippen LogP contribution is 2.50. The van der Waals surface area contributed by atoms with E-state index < -0.39 is 0 Å². The molecule has 2 heterocycles. The Morgan fingerprint density at radius 3 is 1.55 bits per heavy atom. The molecule has 9 rings (SSSR count). The maximum Gasteiger partial charge on any atom is 0.178 e. The maximum absolute atomic E-state index is 6.65. The number of para-hydroxylation sites is 2. The van der Waals surface area contributed by atoms with E-state index in [0.29, 0.717) is 0 Å². The SMILES string of the molecule is c1ccc2oc(-c3oc4ccccc4c3-c3c4ccccc4c(-c4cccc5ccccc45)c4ccccc34)cc2c1. The molecule has 2 aromatic heterocycles. The lowest BCUT2D eigenvalue weighted by atomic mass is 9.84. The van der Waals surface area contributed by atoms with Gasteiger partial charge >= 0.3 is 0 Å². The molecule has 42 heavy (non-hydrogen) atoms. The minimum atomic E-state index is 0.730. The van der Waals surface area contributed by atoms with Crippen LogP contribution in [0.25, 0.3) is 88.0 Å². The molecule has 7 aromatic carbocycles. The fraction of sp³-hybridized carbons (Fsp3) is 0. The van der Waals surface area contributed by atoms with Gasteiger partial charge in [-0.3, -0.25) is 0 Å². The third-order valence-electron chi connectivity index (χ3n) is 8.49. The van der Waals surface area contributed by atoms with E-state index in [1.807, 2.05) is 30.3 Å². The van der Waals surface area contributed by atoms with Crippen LogP contribution in [-0.4, -0.2) is 0 Å². The maximum atomic E-state index is 6.65. The number of hydrogen-bond donors (Lipinski definition) is 0. The lowest BCUT2D eigenvalue weighted by Crippen LogP contribution is -1.92. The van der Waals surface area contributed by atoms with Crippen molar-refractivity contribution in [1.29, 1.82) is 0 Å². The van der Waals surface area contributed by atoms with Gasteiger partial charge in [0.05, 0.1) is 0 Å². The van der Waals surface area contributed by atoms with E-state index in [1.54, 1.807) is 0 Å². The van der Waals surface area contributed by atoms with Crippen molar-refractivity contribution in [2.75, 3.05) is 0 Å². The smallest absolute Gasteiger partial charge is 0.178 e. The quantitative estimate of drug-likeness (QED) is 0.210. The van der Waals surface area contributed by atoms with E-state index in [-0.39, 0.29) is 0 Å². The van der Waals surface area contributed by atoms with Crippen molar-refractivity contribution < 1.29 is 8.83 Å². The molecule has 0 saturated carbocycles. The van der Waals surface area contributed by atoms with Gasteiger partial charge in [0.1, 0.15) is 11.2 Å². The average molecular weight is 537 g/mol. The van der Waals surface area contributed by atoms with Gasteiger partial charge in [0, 0.05) is 21.9 Å². The van der Waals surface area contributed by atoms with Crippen molar-refractivity contribution in [2.24, 2.45) is 0 Å². The van der Waals surface area contributed by atoms with Gasteiger partial charge in [-0.05, 0) is 61.6 Å². The summed E-state index contributed by atoms with van der Waals surface area (Å²) in [6.45, 7) is 0. The first kappa shape index (κ1) is 23.1. The zero-order chi connectivity index (χ0) is 27.6. The molecule has 2 nitrogen and oxygen atoms in total. The van der Waals surface area contributed by atoms with E-state index in [1.165, 1.54) is 43.4 Å². The largest absolute Gasteiger partial charge is 0.453 e. The first-order chi connectivity index (χ1) is 20.8. The second kappa shape index (κ2) is 8.95. The Kier molecular flexibility index (Phi) is 4.93. The Morgan fingerprint density at radius 2 is 0.857 bits per heavy atom. The van der Waals surface area contributed by atoms with Crippen LogP contribution in [-0.2, 0) is 0 Å². The summed E-state index contributed by atoms with van der Waals surface area (Å²) in [4.78, 5) is 0. The van der Waals surface area contributed by atoms with Crippen LogP contribution in [0.3, 0.4) is 0 Å². The summed E-state index contributed by atoms with van der Waals surface area (Å²) in [7, 11) is 0. The highest BCUT2D eigenvalue weighted by Gasteiger charge is 2.25. The van der Waals surface area contributed by atoms with Crippen molar-refractivity contribution in [3.05, 3.63) is 146 Å². The third-order valence-corrected chi connectivity index (χ3v) is 8.49. The van der Waals surface area contributed by atoms with Crippen molar-refractivity contribution in [2.45, 2.75) is 0 Å². The van der Waals surface area contributed by atoms with Gasteiger partial charge in [0.2, 0.25) is 0 Å². The second-order valence-corrected chi connectivity index (χ2v) is 10.8. The van der Waals surface area contributed by atoms with Crippen LogP contribution in [0.1, 0.15) is 0 Å². The van der Waals surface area contributed by atoms with E-state index >= 15 is 0 Å². The Bertz CT molecular complexity index is 2380. The van der Waals surface area contributed by atoms with Crippen LogP contribution in [0.15, 0.2) is 154 Å². The fourth-order valence-corrected chi connectivity index (χ4v) is 6.69. The second-order valence-electron chi connectivity index (χ2n) is 10.8. The molecule has 0 aliphatic heterocycles. The summed E-state index contributed by atoms with van der Waals surface area (Å²) in [5.41, 5.74) is 6.39. The molecule has 9 aromatic rings. The zero-order valence-corrected chi connectivity index (χ0v) is 22.7. The highest BCUT2D eigenvalue weighted by molar-refractivity contribution is 6.26. The van der Waals surface area contributed by atoms with Crippen LogP contribution in [0, 0.1) is 0 Å². The molecule has 0 spiro atoms. The first-order valence-corrected chi connectivity index (χ1v) is 14.3. The lowest BCUT2D eigenvalue weighted by Gasteiger charge is -2.18. The predicted octanol–water partition coefficient (Wildman–Crippen LogP) is 11.6. The number of rotatable bonds is 3. The molecule has 0 amide bonds. The molecule has 0 aliphatic rings. The molecule has 2 heteroatoms. The van der Waals surface area contributed by atoms with Gasteiger partial charge in [0.15, 0.2) is 11.5 Å². The van der Waals surface area contributed by atoms with Crippen molar-refractivity contribution in [3.63, 3.8) is 0 Å². The molecule has 0 aliphatic carbocycles. The van der Waals surface area contributed by atoms with Crippen LogP contribution < -0.4 is 0 Å². The summed E-state index contributed by atoms with van der Waals surface area (Å²) in [6.07, 6.45) is 0. The molecular weight excluding hydrogens is 512 g/mol. The summed E-state index contributed by atoms with van der Waals surface area (Å²) in [5, 5.41) is 9.40. The summed E-state index contributed by atoms with van der Waals surface area (Å²) in [5.74, 6) is 1.48. The molecule has 0 atom stereocenters. The van der Waals surface area contributed by atoms with Crippen molar-refractivity contribution in [3.8, 4) is 33.8 Å². The van der Waals surface area contributed by atoms with Crippen LogP contribution >= 0.6 is 0 Å². The van der Waals surface area contributed by atoms with Gasteiger partial charge in [-0.2, -0.15) is 0 Å². The molecule has 0 radical (unpaired) electrons.